The first-order chi connectivity index (χ1) is 13.1. The number of carbonyl (C=O) groups is 1. The Morgan fingerprint density at radius 2 is 1.81 bits per heavy atom. The minimum absolute atomic E-state index is 0.189. The third kappa shape index (κ3) is 6.24. The number of hydrogen-bond donors (Lipinski definition) is 1. The van der Waals surface area contributed by atoms with Gasteiger partial charge < -0.3 is 14.8 Å². The van der Waals surface area contributed by atoms with Crippen LogP contribution in [0, 0.1) is 0 Å². The van der Waals surface area contributed by atoms with Crippen LogP contribution in [0.15, 0.2) is 48.5 Å². The van der Waals surface area contributed by atoms with E-state index in [-0.39, 0.29) is 5.91 Å². The Kier molecular flexibility index (Phi) is 7.10. The molecular weight excluding hydrogens is 364 g/mol. The van der Waals surface area contributed by atoms with Crippen LogP contribution in [0.1, 0.15) is 12.5 Å². The zero-order valence-electron chi connectivity index (χ0n) is 15.5. The van der Waals surface area contributed by atoms with Crippen molar-refractivity contribution in [3.8, 4) is 5.75 Å². The van der Waals surface area contributed by atoms with Crippen molar-refractivity contribution in [3.05, 3.63) is 59.1 Å². The molecule has 2 aromatic rings. The van der Waals surface area contributed by atoms with Crippen molar-refractivity contribution in [2.24, 2.45) is 0 Å². The monoisotopic (exact) mass is 388 g/mol. The summed E-state index contributed by atoms with van der Waals surface area (Å²) >= 11 is 5.85. The summed E-state index contributed by atoms with van der Waals surface area (Å²) in [5.41, 5.74) is 2.02. The van der Waals surface area contributed by atoms with Crippen LogP contribution in [0.5, 0.6) is 5.75 Å². The van der Waals surface area contributed by atoms with Crippen molar-refractivity contribution in [1.82, 2.24) is 4.90 Å². The van der Waals surface area contributed by atoms with Gasteiger partial charge >= 0.3 is 0 Å². The number of benzene rings is 2. The number of anilines is 1. The smallest absolute Gasteiger partial charge is 0.265 e. The van der Waals surface area contributed by atoms with Gasteiger partial charge in [0.2, 0.25) is 0 Å². The highest BCUT2D eigenvalue weighted by Crippen LogP contribution is 2.18. The van der Waals surface area contributed by atoms with Crippen LogP contribution in [0.25, 0.3) is 0 Å². The maximum Gasteiger partial charge on any atom is 0.265 e. The van der Waals surface area contributed by atoms with Gasteiger partial charge in [0, 0.05) is 30.3 Å². The second-order valence-corrected chi connectivity index (χ2v) is 7.04. The maximum atomic E-state index is 12.3. The fourth-order valence-corrected chi connectivity index (χ4v) is 3.01. The second kappa shape index (κ2) is 9.74. The van der Waals surface area contributed by atoms with Crippen LogP contribution in [-0.2, 0) is 16.0 Å². The van der Waals surface area contributed by atoms with E-state index in [2.05, 4.69) is 22.3 Å². The molecule has 1 fully saturated rings. The Labute approximate surface area is 165 Å². The number of nitrogens with zero attached hydrogens (tertiary/aromatic N) is 1. The van der Waals surface area contributed by atoms with Gasteiger partial charge in [-0.25, -0.2) is 0 Å². The average Bonchev–Trinajstić information content (AvgIpc) is 2.70. The summed E-state index contributed by atoms with van der Waals surface area (Å²) in [6, 6.07) is 14.9. The molecule has 27 heavy (non-hydrogen) atoms. The van der Waals surface area contributed by atoms with Crippen molar-refractivity contribution >= 4 is 23.2 Å². The zero-order chi connectivity index (χ0) is 19.1. The summed E-state index contributed by atoms with van der Waals surface area (Å²) < 4.78 is 11.0. The molecule has 0 saturated carbocycles. The van der Waals surface area contributed by atoms with Crippen LogP contribution in [0.3, 0.4) is 0 Å². The Bertz CT molecular complexity index is 728. The van der Waals surface area contributed by atoms with Gasteiger partial charge in [0.15, 0.2) is 6.10 Å². The lowest BCUT2D eigenvalue weighted by molar-refractivity contribution is -0.122. The molecular formula is C21H25ClN2O3. The molecule has 5 nitrogen and oxygen atoms in total. The average molecular weight is 389 g/mol. The number of nitrogens with one attached hydrogen (secondary N) is 1. The number of morpholine rings is 1. The minimum Gasteiger partial charge on any atom is -0.481 e. The molecule has 3 rings (SSSR count). The fraction of sp³-hybridized carbons (Fsp3) is 0.381. The van der Waals surface area contributed by atoms with Gasteiger partial charge in [-0.05, 0) is 55.3 Å². The molecule has 0 aromatic heterocycles. The van der Waals surface area contributed by atoms with E-state index in [1.165, 1.54) is 5.56 Å². The predicted octanol–water partition coefficient (Wildman–Crippen LogP) is 3.62. The number of rotatable bonds is 7. The Morgan fingerprint density at radius 3 is 2.48 bits per heavy atom. The summed E-state index contributed by atoms with van der Waals surface area (Å²) in [5, 5.41) is 3.52. The highest BCUT2D eigenvalue weighted by Gasteiger charge is 2.15. The van der Waals surface area contributed by atoms with E-state index >= 15 is 0 Å². The second-order valence-electron chi connectivity index (χ2n) is 6.60. The topological polar surface area (TPSA) is 50.8 Å². The van der Waals surface area contributed by atoms with E-state index in [1.807, 2.05) is 12.1 Å². The first-order valence-electron chi connectivity index (χ1n) is 9.22. The lowest BCUT2D eigenvalue weighted by atomic mass is 10.1. The molecule has 0 bridgehead atoms. The van der Waals surface area contributed by atoms with Gasteiger partial charge in [0.1, 0.15) is 5.75 Å². The summed E-state index contributed by atoms with van der Waals surface area (Å²) in [6.07, 6.45) is 0.386. The third-order valence-electron chi connectivity index (χ3n) is 4.54. The molecule has 6 heteroatoms. The first-order valence-corrected chi connectivity index (χ1v) is 9.60. The maximum absolute atomic E-state index is 12.3. The molecule has 0 spiro atoms. The van der Waals surface area contributed by atoms with E-state index in [4.69, 9.17) is 21.1 Å². The van der Waals surface area contributed by atoms with Crippen LogP contribution >= 0.6 is 11.6 Å². The number of hydrogen-bond acceptors (Lipinski definition) is 4. The molecule has 0 radical (unpaired) electrons. The van der Waals surface area contributed by atoms with Crippen molar-refractivity contribution in [2.45, 2.75) is 19.4 Å². The normalized spacial score (nSPS) is 15.9. The lowest BCUT2D eigenvalue weighted by Gasteiger charge is -2.26. The van der Waals surface area contributed by atoms with E-state index in [9.17, 15) is 4.79 Å². The molecule has 1 N–H and O–H groups in total. The number of carbonyl (C=O) groups excluding carboxylic acids is 1. The zero-order valence-corrected chi connectivity index (χ0v) is 16.2. The quantitative estimate of drug-likeness (QED) is 0.787. The predicted molar refractivity (Wildman–Crippen MR) is 108 cm³/mol. The highest BCUT2D eigenvalue weighted by molar-refractivity contribution is 6.30. The summed E-state index contributed by atoms with van der Waals surface area (Å²) in [5.74, 6) is 0.423. The van der Waals surface area contributed by atoms with Gasteiger partial charge in [-0.2, -0.15) is 0 Å². The number of ether oxygens (including phenoxy) is 2. The van der Waals surface area contributed by atoms with E-state index in [0.29, 0.717) is 10.8 Å². The third-order valence-corrected chi connectivity index (χ3v) is 4.79. The van der Waals surface area contributed by atoms with E-state index < -0.39 is 6.10 Å². The molecule has 1 aliphatic heterocycles. The van der Waals surface area contributed by atoms with Crippen molar-refractivity contribution in [1.29, 1.82) is 0 Å². The molecule has 1 atom stereocenters. The molecule has 1 aliphatic rings. The molecule has 1 heterocycles. The van der Waals surface area contributed by atoms with Crippen molar-refractivity contribution in [3.63, 3.8) is 0 Å². The van der Waals surface area contributed by atoms with Crippen LogP contribution in [-0.4, -0.2) is 49.8 Å². The SMILES string of the molecule is CC(Oc1ccc(Cl)cc1)C(=O)Nc1ccc(CCN2CCOCC2)cc1. The van der Waals surface area contributed by atoms with E-state index in [1.54, 1.807) is 31.2 Å². The first kappa shape index (κ1) is 19.7. The van der Waals surface area contributed by atoms with Crippen molar-refractivity contribution in [2.75, 3.05) is 38.2 Å². The molecule has 2 aromatic carbocycles. The Hall–Kier alpha value is -2.08. The standard InChI is InChI=1S/C21H25ClN2O3/c1-16(27-20-8-4-18(22)5-9-20)21(25)23-19-6-2-17(3-7-19)10-11-24-12-14-26-15-13-24/h2-9,16H,10-15H2,1H3,(H,23,25). The van der Waals surface area contributed by atoms with Gasteiger partial charge in [0.05, 0.1) is 13.2 Å². The van der Waals surface area contributed by atoms with Gasteiger partial charge in [-0.15, -0.1) is 0 Å². The molecule has 0 aliphatic carbocycles. The molecule has 144 valence electrons. The largest absolute Gasteiger partial charge is 0.481 e. The Morgan fingerprint density at radius 1 is 1.15 bits per heavy atom. The Balaban J connectivity index is 1.46. The van der Waals surface area contributed by atoms with Crippen LogP contribution < -0.4 is 10.1 Å². The molecule has 1 amide bonds. The summed E-state index contributed by atoms with van der Waals surface area (Å²) in [7, 11) is 0. The van der Waals surface area contributed by atoms with Crippen LogP contribution in [0.4, 0.5) is 5.69 Å². The fourth-order valence-electron chi connectivity index (χ4n) is 2.88. The minimum atomic E-state index is -0.604. The lowest BCUT2D eigenvalue weighted by Crippen LogP contribution is -2.37. The van der Waals surface area contributed by atoms with Gasteiger partial charge in [-0.1, -0.05) is 23.7 Å². The summed E-state index contributed by atoms with van der Waals surface area (Å²) in [6.45, 7) is 6.39. The van der Waals surface area contributed by atoms with Gasteiger partial charge in [-0.3, -0.25) is 9.69 Å². The molecule has 1 saturated heterocycles. The summed E-state index contributed by atoms with van der Waals surface area (Å²) in [4.78, 5) is 14.7. The number of halogens is 1. The van der Waals surface area contributed by atoms with Gasteiger partial charge in [0.25, 0.3) is 5.91 Å². The molecule has 1 unspecified atom stereocenters. The van der Waals surface area contributed by atoms with Crippen LogP contribution in [0.2, 0.25) is 5.02 Å². The number of amides is 1. The van der Waals surface area contributed by atoms with E-state index in [0.717, 1.165) is 45.0 Å². The highest BCUT2D eigenvalue weighted by atomic mass is 35.5. The van der Waals surface area contributed by atoms with Crippen molar-refractivity contribution < 1.29 is 14.3 Å².